The van der Waals surface area contributed by atoms with Gasteiger partial charge in [0.25, 0.3) is 5.91 Å². The molecule has 3 aromatic rings. The molecule has 5 nitrogen and oxygen atoms in total. The van der Waals surface area contributed by atoms with Crippen LogP contribution in [0, 0.1) is 5.82 Å². The molecule has 0 aliphatic carbocycles. The number of carbonyl (C=O) groups is 1. The molecular formula is C19H20BrFN4O. The largest absolute Gasteiger partial charge is 0.319 e. The van der Waals surface area contributed by atoms with Crippen LogP contribution in [0.5, 0.6) is 0 Å². The zero-order valence-corrected chi connectivity index (χ0v) is 16.6. The quantitative estimate of drug-likeness (QED) is 0.625. The summed E-state index contributed by atoms with van der Waals surface area (Å²) in [7, 11) is 0. The van der Waals surface area contributed by atoms with E-state index >= 15 is 0 Å². The number of nitrogens with zero attached hydrogens (tertiary/aromatic N) is 3. The third-order valence-corrected chi connectivity index (χ3v) is 4.58. The average Bonchev–Trinajstić information content (AvgIpc) is 3.00. The van der Waals surface area contributed by atoms with Gasteiger partial charge in [-0.2, -0.15) is 5.10 Å². The Morgan fingerprint density at radius 1 is 1.23 bits per heavy atom. The highest BCUT2D eigenvalue weighted by molar-refractivity contribution is 9.10. The molecule has 0 saturated carbocycles. The minimum atomic E-state index is -0.500. The normalized spacial score (nSPS) is 11.5. The van der Waals surface area contributed by atoms with Gasteiger partial charge in [-0.05, 0) is 44.0 Å². The second-order valence-electron chi connectivity index (χ2n) is 6.75. The van der Waals surface area contributed by atoms with Gasteiger partial charge in [-0.1, -0.05) is 29.8 Å². The number of benzene rings is 1. The molecule has 1 amide bonds. The second-order valence-corrected chi connectivity index (χ2v) is 7.66. The van der Waals surface area contributed by atoms with Gasteiger partial charge in [-0.25, -0.2) is 14.1 Å². The lowest BCUT2D eigenvalue weighted by molar-refractivity contribution is 0.102. The van der Waals surface area contributed by atoms with Crippen molar-refractivity contribution in [1.82, 2.24) is 14.8 Å². The monoisotopic (exact) mass is 418 g/mol. The standard InChI is InChI=1S/C19H20BrFN4O/c1-10(2)17-8-13(14-9-22-25(11(3)4)18(14)23-17)19(26)24-16-6-5-12(20)7-15(16)21/h5-11H,1-4H3,(H,24,26). The van der Waals surface area contributed by atoms with Crippen molar-refractivity contribution >= 4 is 38.6 Å². The number of carbonyl (C=O) groups excluding carboxylic acids is 1. The van der Waals surface area contributed by atoms with E-state index in [9.17, 15) is 9.18 Å². The van der Waals surface area contributed by atoms with E-state index in [0.717, 1.165) is 5.69 Å². The fraction of sp³-hybridized carbons (Fsp3) is 0.316. The first-order valence-electron chi connectivity index (χ1n) is 8.42. The van der Waals surface area contributed by atoms with Crippen LogP contribution in [-0.2, 0) is 0 Å². The molecule has 3 rings (SSSR count). The van der Waals surface area contributed by atoms with E-state index in [0.29, 0.717) is 21.1 Å². The van der Waals surface area contributed by atoms with Gasteiger partial charge in [-0.3, -0.25) is 4.79 Å². The van der Waals surface area contributed by atoms with E-state index in [-0.39, 0.29) is 23.6 Å². The van der Waals surface area contributed by atoms with Crippen LogP contribution >= 0.6 is 15.9 Å². The van der Waals surface area contributed by atoms with Gasteiger partial charge >= 0.3 is 0 Å². The van der Waals surface area contributed by atoms with Crippen molar-refractivity contribution in [3.05, 3.63) is 52.0 Å². The molecule has 0 fully saturated rings. The summed E-state index contributed by atoms with van der Waals surface area (Å²) in [5, 5.41) is 7.67. The third kappa shape index (κ3) is 3.49. The predicted octanol–water partition coefficient (Wildman–Crippen LogP) is 5.29. The SMILES string of the molecule is CC(C)c1cc(C(=O)Nc2ccc(Br)cc2F)c2cnn(C(C)C)c2n1. The van der Waals surface area contributed by atoms with Gasteiger partial charge < -0.3 is 5.32 Å². The summed E-state index contributed by atoms with van der Waals surface area (Å²) in [5.41, 5.74) is 2.02. The molecular weight excluding hydrogens is 399 g/mol. The van der Waals surface area contributed by atoms with Crippen molar-refractivity contribution in [1.29, 1.82) is 0 Å². The van der Waals surface area contributed by atoms with Crippen molar-refractivity contribution in [3.8, 4) is 0 Å². The maximum absolute atomic E-state index is 14.1. The molecule has 136 valence electrons. The Kier molecular flexibility index (Phi) is 5.09. The Bertz CT molecular complexity index is 981. The molecule has 0 aliphatic rings. The van der Waals surface area contributed by atoms with Crippen molar-refractivity contribution in [3.63, 3.8) is 0 Å². The first-order chi connectivity index (χ1) is 12.3. The Labute approximate surface area is 159 Å². The highest BCUT2D eigenvalue weighted by Gasteiger charge is 2.19. The molecule has 0 aliphatic heterocycles. The van der Waals surface area contributed by atoms with Crippen LogP contribution < -0.4 is 5.32 Å². The van der Waals surface area contributed by atoms with E-state index in [4.69, 9.17) is 0 Å². The lowest BCUT2D eigenvalue weighted by Gasteiger charge is -2.12. The first-order valence-corrected chi connectivity index (χ1v) is 9.21. The fourth-order valence-corrected chi connectivity index (χ4v) is 3.01. The highest BCUT2D eigenvalue weighted by atomic mass is 79.9. The number of pyridine rings is 1. The maximum atomic E-state index is 14.1. The van der Waals surface area contributed by atoms with E-state index in [1.54, 1.807) is 23.0 Å². The van der Waals surface area contributed by atoms with Crippen LogP contribution in [0.1, 0.15) is 55.7 Å². The minimum Gasteiger partial charge on any atom is -0.319 e. The number of aromatic nitrogens is 3. The summed E-state index contributed by atoms with van der Waals surface area (Å²) >= 11 is 3.21. The molecule has 0 saturated heterocycles. The zero-order valence-electron chi connectivity index (χ0n) is 15.0. The summed E-state index contributed by atoms with van der Waals surface area (Å²) in [6.07, 6.45) is 1.64. The number of amides is 1. The molecule has 0 atom stereocenters. The fourth-order valence-electron chi connectivity index (χ4n) is 2.68. The third-order valence-electron chi connectivity index (χ3n) is 4.09. The summed E-state index contributed by atoms with van der Waals surface area (Å²) in [4.78, 5) is 17.5. The molecule has 7 heteroatoms. The molecule has 2 heterocycles. The van der Waals surface area contributed by atoms with Crippen molar-refractivity contribution in [2.45, 2.75) is 39.7 Å². The van der Waals surface area contributed by atoms with Crippen LogP contribution in [0.25, 0.3) is 11.0 Å². The zero-order chi connectivity index (χ0) is 19.0. The van der Waals surface area contributed by atoms with Gasteiger partial charge in [0.15, 0.2) is 5.65 Å². The molecule has 0 unspecified atom stereocenters. The van der Waals surface area contributed by atoms with Gasteiger partial charge in [0.2, 0.25) is 0 Å². The molecule has 0 spiro atoms. The van der Waals surface area contributed by atoms with E-state index < -0.39 is 5.82 Å². The summed E-state index contributed by atoms with van der Waals surface area (Å²) in [6, 6.07) is 6.38. The van der Waals surface area contributed by atoms with E-state index in [1.807, 2.05) is 27.7 Å². The lowest BCUT2D eigenvalue weighted by atomic mass is 10.0. The highest BCUT2D eigenvalue weighted by Crippen LogP contribution is 2.26. The number of nitrogens with one attached hydrogen (secondary N) is 1. The number of rotatable bonds is 4. The van der Waals surface area contributed by atoms with Crippen LogP contribution in [0.2, 0.25) is 0 Å². The first kappa shape index (κ1) is 18.5. The second kappa shape index (κ2) is 7.15. The van der Waals surface area contributed by atoms with Gasteiger partial charge in [0.05, 0.1) is 22.8 Å². The van der Waals surface area contributed by atoms with Gasteiger partial charge in [-0.15, -0.1) is 0 Å². The number of anilines is 1. The Morgan fingerprint density at radius 3 is 2.58 bits per heavy atom. The van der Waals surface area contributed by atoms with Crippen LogP contribution in [0.3, 0.4) is 0 Å². The van der Waals surface area contributed by atoms with Crippen molar-refractivity contribution in [2.75, 3.05) is 5.32 Å². The Balaban J connectivity index is 2.09. The number of hydrogen-bond donors (Lipinski definition) is 1. The summed E-state index contributed by atoms with van der Waals surface area (Å²) < 4.78 is 16.5. The smallest absolute Gasteiger partial charge is 0.256 e. The molecule has 1 aromatic carbocycles. The van der Waals surface area contributed by atoms with Crippen molar-refractivity contribution in [2.24, 2.45) is 0 Å². The summed E-state index contributed by atoms with van der Waals surface area (Å²) in [6.45, 7) is 8.04. The van der Waals surface area contributed by atoms with Gasteiger partial charge in [0.1, 0.15) is 5.82 Å². The van der Waals surface area contributed by atoms with E-state index in [1.165, 1.54) is 12.1 Å². The molecule has 0 bridgehead atoms. The average molecular weight is 419 g/mol. The molecule has 2 aromatic heterocycles. The summed E-state index contributed by atoms with van der Waals surface area (Å²) in [5.74, 6) is -0.741. The van der Waals surface area contributed by atoms with Crippen LogP contribution in [0.4, 0.5) is 10.1 Å². The van der Waals surface area contributed by atoms with Gasteiger partial charge in [0, 0.05) is 16.2 Å². The molecule has 0 radical (unpaired) electrons. The Hall–Kier alpha value is -2.28. The topological polar surface area (TPSA) is 59.8 Å². The predicted molar refractivity (Wildman–Crippen MR) is 104 cm³/mol. The van der Waals surface area contributed by atoms with Crippen LogP contribution in [-0.4, -0.2) is 20.7 Å². The number of fused-ring (bicyclic) bond motifs is 1. The van der Waals surface area contributed by atoms with E-state index in [2.05, 4.69) is 31.3 Å². The van der Waals surface area contributed by atoms with Crippen molar-refractivity contribution < 1.29 is 9.18 Å². The lowest BCUT2D eigenvalue weighted by Crippen LogP contribution is -2.15. The van der Waals surface area contributed by atoms with Crippen LogP contribution in [0.15, 0.2) is 34.9 Å². The Morgan fingerprint density at radius 2 is 1.96 bits per heavy atom. The molecule has 26 heavy (non-hydrogen) atoms. The maximum Gasteiger partial charge on any atom is 0.256 e. The molecule has 1 N–H and O–H groups in total. The number of hydrogen-bond acceptors (Lipinski definition) is 3. The number of halogens is 2. The minimum absolute atomic E-state index is 0.113.